The second kappa shape index (κ2) is 12.2. The number of aromatic nitrogens is 2. The van der Waals surface area contributed by atoms with E-state index in [0.29, 0.717) is 28.5 Å². The van der Waals surface area contributed by atoms with Crippen LogP contribution in [0.3, 0.4) is 0 Å². The molecule has 10 heteroatoms. The lowest BCUT2D eigenvalue weighted by atomic mass is 9.56. The number of carbonyl (C=O) groups excluding carboxylic acids is 1. The molecule has 3 aliphatic rings. The number of anilines is 1. The average molecular weight is 643 g/mol. The monoisotopic (exact) mass is 642 g/mol. The molecule has 0 unspecified atom stereocenters. The van der Waals surface area contributed by atoms with Crippen LogP contribution < -0.4 is 5.32 Å². The van der Waals surface area contributed by atoms with Crippen molar-refractivity contribution < 1.29 is 23.1 Å². The zero-order valence-corrected chi connectivity index (χ0v) is 27.5. The molecule has 3 aromatic rings. The lowest BCUT2D eigenvalue weighted by molar-refractivity contribution is -0.141. The third-order valence-electron chi connectivity index (χ3n) is 10.7. The number of carbonyl (C=O) groups is 1. The Labute approximate surface area is 267 Å². The summed E-state index contributed by atoms with van der Waals surface area (Å²) in [5.41, 5.74) is -0.597. The Kier molecular flexibility index (Phi) is 8.80. The van der Waals surface area contributed by atoms with E-state index in [1.807, 2.05) is 0 Å². The zero-order valence-electron chi connectivity index (χ0n) is 26.7. The highest BCUT2D eigenvalue weighted by Crippen LogP contribution is 2.55. The molecular formula is C35H45F3N4O2S. The number of benzene rings is 1. The maximum atomic E-state index is 13.2. The van der Waals surface area contributed by atoms with E-state index in [4.69, 9.17) is 4.98 Å². The van der Waals surface area contributed by atoms with Gasteiger partial charge in [-0.15, -0.1) is 11.3 Å². The fourth-order valence-electron chi connectivity index (χ4n) is 8.31. The fraction of sp³-hybridized carbons (Fsp3) is 0.629. The predicted octanol–water partition coefficient (Wildman–Crippen LogP) is 8.75. The van der Waals surface area contributed by atoms with Gasteiger partial charge in [0.05, 0.1) is 20.8 Å². The molecule has 1 aromatic carbocycles. The smallest absolute Gasteiger partial charge is 0.386 e. The molecule has 1 amide bonds. The number of halogens is 3. The Morgan fingerprint density at radius 2 is 1.76 bits per heavy atom. The average Bonchev–Trinajstić information content (AvgIpc) is 3.39. The first kappa shape index (κ1) is 32.4. The Balaban J connectivity index is 1.10. The molecule has 3 fully saturated rings. The molecule has 2 N–H and O–H groups in total. The third kappa shape index (κ3) is 7.08. The van der Waals surface area contributed by atoms with E-state index in [9.17, 15) is 23.1 Å². The Bertz CT molecular complexity index is 1520. The molecule has 0 aliphatic heterocycles. The van der Waals surface area contributed by atoms with Crippen molar-refractivity contribution in [3.63, 3.8) is 0 Å². The van der Waals surface area contributed by atoms with Crippen molar-refractivity contribution in [3.8, 4) is 0 Å². The Hall–Kier alpha value is -2.56. The lowest BCUT2D eigenvalue weighted by Gasteiger charge is -2.52. The number of aliphatic hydroxyl groups is 1. The first-order chi connectivity index (χ1) is 21.2. The summed E-state index contributed by atoms with van der Waals surface area (Å²) in [7, 11) is 2.32. The zero-order chi connectivity index (χ0) is 32.1. The van der Waals surface area contributed by atoms with Crippen molar-refractivity contribution in [1.82, 2.24) is 14.9 Å². The van der Waals surface area contributed by atoms with Gasteiger partial charge in [0.25, 0.3) is 5.91 Å². The summed E-state index contributed by atoms with van der Waals surface area (Å²) in [5.74, 6) is 1.22. The van der Waals surface area contributed by atoms with Gasteiger partial charge in [-0.05, 0) is 127 Å². The van der Waals surface area contributed by atoms with E-state index in [1.54, 1.807) is 37.3 Å². The molecule has 6 nitrogen and oxygen atoms in total. The minimum Gasteiger partial charge on any atom is -0.386 e. The SMILES string of the molecule is CN(C[C@H]1CC[C@H](c2nc3cc(C(C)(C)O)c(NC(=O)c4cccc(C(F)(F)F)n4)cc3s2)CC1)[C@H]1CCC2(CC1)C[C@@H](C)C2. The van der Waals surface area contributed by atoms with Crippen molar-refractivity contribution in [2.45, 2.75) is 109 Å². The summed E-state index contributed by atoms with van der Waals surface area (Å²) >= 11 is 1.59. The van der Waals surface area contributed by atoms with Gasteiger partial charge in [-0.3, -0.25) is 4.79 Å². The van der Waals surface area contributed by atoms with Gasteiger partial charge in [-0.1, -0.05) is 13.0 Å². The molecule has 6 rings (SSSR count). The Morgan fingerprint density at radius 3 is 2.38 bits per heavy atom. The van der Waals surface area contributed by atoms with E-state index in [1.165, 1.54) is 64.0 Å². The molecule has 3 aliphatic carbocycles. The second-order valence-corrected chi connectivity index (χ2v) is 15.8. The molecule has 45 heavy (non-hydrogen) atoms. The quantitative estimate of drug-likeness (QED) is 0.270. The standard InChI is InChI=1S/C35H45F3N4O2S/c1-21-18-34(19-21)14-12-24(13-15-34)42(4)20-22-8-10-23(11-9-22)32-41-28-16-25(33(2,3)44)27(17-29(28)45-32)40-31(43)26-6-5-7-30(39-26)35(36,37)38/h5-7,16-17,21-24,44H,8-15,18-20H2,1-4H3,(H,40,43)/t21-,22-,23-,24-,34?. The summed E-state index contributed by atoms with van der Waals surface area (Å²) in [6.07, 6.45) is 8.25. The highest BCUT2D eigenvalue weighted by Gasteiger charge is 2.44. The van der Waals surface area contributed by atoms with E-state index < -0.39 is 23.4 Å². The van der Waals surface area contributed by atoms with E-state index in [-0.39, 0.29) is 5.69 Å². The van der Waals surface area contributed by atoms with E-state index in [0.717, 1.165) is 52.2 Å². The van der Waals surface area contributed by atoms with Crippen LogP contribution in [0.4, 0.5) is 18.9 Å². The van der Waals surface area contributed by atoms with Crippen molar-refractivity contribution in [1.29, 1.82) is 0 Å². The number of amides is 1. The fourth-order valence-corrected chi connectivity index (χ4v) is 9.47. The minimum atomic E-state index is -4.66. The normalized spacial score (nSPS) is 27.6. The molecular weight excluding hydrogens is 597 g/mol. The predicted molar refractivity (Wildman–Crippen MR) is 172 cm³/mol. The summed E-state index contributed by atoms with van der Waals surface area (Å²) in [5, 5.41) is 14.7. The summed E-state index contributed by atoms with van der Waals surface area (Å²) in [6, 6.07) is 7.51. The number of fused-ring (bicyclic) bond motifs is 1. The van der Waals surface area contributed by atoms with Gasteiger partial charge >= 0.3 is 6.18 Å². The number of pyridine rings is 1. The van der Waals surface area contributed by atoms with Gasteiger partial charge in [0.1, 0.15) is 11.4 Å². The number of alkyl halides is 3. The first-order valence-electron chi connectivity index (χ1n) is 16.4. The number of thiazole rings is 1. The van der Waals surface area contributed by atoms with Crippen molar-refractivity contribution in [2.24, 2.45) is 17.3 Å². The topological polar surface area (TPSA) is 78.4 Å². The largest absolute Gasteiger partial charge is 0.433 e. The number of rotatable bonds is 7. The van der Waals surface area contributed by atoms with E-state index >= 15 is 0 Å². The van der Waals surface area contributed by atoms with Gasteiger partial charge in [-0.25, -0.2) is 9.97 Å². The van der Waals surface area contributed by atoms with Gasteiger partial charge in [0, 0.05) is 29.8 Å². The number of nitrogens with one attached hydrogen (secondary N) is 1. The van der Waals surface area contributed by atoms with Gasteiger partial charge in [-0.2, -0.15) is 13.2 Å². The molecule has 0 radical (unpaired) electrons. The second-order valence-electron chi connectivity index (χ2n) is 14.7. The van der Waals surface area contributed by atoms with Crippen LogP contribution >= 0.6 is 11.3 Å². The van der Waals surface area contributed by atoms with Crippen molar-refractivity contribution in [3.05, 3.63) is 52.3 Å². The molecule has 2 aromatic heterocycles. The third-order valence-corrected chi connectivity index (χ3v) is 11.8. The highest BCUT2D eigenvalue weighted by molar-refractivity contribution is 7.18. The van der Waals surface area contributed by atoms with Crippen LogP contribution in [0, 0.1) is 17.3 Å². The lowest BCUT2D eigenvalue weighted by Crippen LogP contribution is -2.45. The molecule has 0 bridgehead atoms. The summed E-state index contributed by atoms with van der Waals surface area (Å²) in [4.78, 5) is 24.1. The van der Waals surface area contributed by atoms with Gasteiger partial charge in [0.15, 0.2) is 0 Å². The van der Waals surface area contributed by atoms with E-state index in [2.05, 4.69) is 29.2 Å². The molecule has 0 saturated heterocycles. The first-order valence-corrected chi connectivity index (χ1v) is 17.2. The van der Waals surface area contributed by atoms with Crippen LogP contribution in [0.1, 0.15) is 118 Å². The Morgan fingerprint density at radius 1 is 1.07 bits per heavy atom. The minimum absolute atomic E-state index is 0.335. The van der Waals surface area contributed by atoms with Crippen LogP contribution in [-0.4, -0.2) is 45.5 Å². The summed E-state index contributed by atoms with van der Waals surface area (Å²) in [6.45, 7) is 6.78. The van der Waals surface area contributed by atoms with Crippen LogP contribution in [0.25, 0.3) is 10.2 Å². The van der Waals surface area contributed by atoms with Crippen LogP contribution in [-0.2, 0) is 11.8 Å². The van der Waals surface area contributed by atoms with Crippen molar-refractivity contribution in [2.75, 3.05) is 18.9 Å². The maximum absolute atomic E-state index is 13.2. The highest BCUT2D eigenvalue weighted by atomic mass is 32.1. The molecule has 2 heterocycles. The van der Waals surface area contributed by atoms with Crippen LogP contribution in [0.15, 0.2) is 30.3 Å². The van der Waals surface area contributed by atoms with Gasteiger partial charge < -0.3 is 15.3 Å². The van der Waals surface area contributed by atoms with Crippen molar-refractivity contribution >= 4 is 33.1 Å². The van der Waals surface area contributed by atoms with Gasteiger partial charge in [0.2, 0.25) is 0 Å². The molecule has 1 spiro atoms. The molecule has 0 atom stereocenters. The maximum Gasteiger partial charge on any atom is 0.433 e. The summed E-state index contributed by atoms with van der Waals surface area (Å²) < 4.78 is 40.4. The van der Waals surface area contributed by atoms with Crippen LogP contribution in [0.5, 0.6) is 0 Å². The number of hydrogen-bond acceptors (Lipinski definition) is 6. The van der Waals surface area contributed by atoms with Crippen LogP contribution in [0.2, 0.25) is 0 Å². The number of hydrogen-bond donors (Lipinski definition) is 2. The number of nitrogens with zero attached hydrogens (tertiary/aromatic N) is 3. The molecule has 3 saturated carbocycles. The molecule has 244 valence electrons.